The average molecular weight is 547 g/mol. The minimum Gasteiger partial charge on any atom is -0.302 e. The smallest absolute Gasteiger partial charge is 0.302 e. The second-order valence-corrected chi connectivity index (χ2v) is 11.6. The lowest BCUT2D eigenvalue weighted by molar-refractivity contribution is -0.116. The van der Waals surface area contributed by atoms with Gasteiger partial charge in [0, 0.05) is 0 Å². The van der Waals surface area contributed by atoms with Gasteiger partial charge >= 0.3 is 8.25 Å². The van der Waals surface area contributed by atoms with Crippen molar-refractivity contribution in [2.45, 2.75) is 107 Å². The van der Waals surface area contributed by atoms with Gasteiger partial charge in [0.05, 0.1) is 0 Å². The lowest BCUT2D eigenvalue weighted by Crippen LogP contribution is -2.06. The summed E-state index contributed by atoms with van der Waals surface area (Å²) < 4.78 is 22.0. The molecule has 0 saturated heterocycles. The molecule has 0 aliphatic carbocycles. The van der Waals surface area contributed by atoms with Crippen LogP contribution in [0.3, 0.4) is 0 Å². The fourth-order valence-corrected chi connectivity index (χ4v) is 4.16. The van der Waals surface area contributed by atoms with Gasteiger partial charge in [-0.2, -0.15) is 0 Å². The predicted octanol–water partition coefficient (Wildman–Crippen LogP) is 9.39. The molecule has 0 spiro atoms. The molecule has 0 N–H and O–H groups in total. The van der Waals surface area contributed by atoms with E-state index in [1.807, 2.05) is 13.8 Å². The van der Waals surface area contributed by atoms with E-state index in [2.05, 4.69) is 65.8 Å². The van der Waals surface area contributed by atoms with Crippen LogP contribution in [-0.4, -0.2) is 24.8 Å². The monoisotopic (exact) mass is 546 g/mol. The molecule has 0 unspecified atom stereocenters. The zero-order chi connectivity index (χ0) is 28.9. The molecule has 214 valence electrons. The highest BCUT2D eigenvalue weighted by atomic mass is 31.1. The molecule has 0 aliphatic heterocycles. The van der Waals surface area contributed by atoms with Crippen LogP contribution in [0.5, 0.6) is 0 Å². The largest absolute Gasteiger partial charge is 0.320 e. The lowest BCUT2D eigenvalue weighted by atomic mass is 10.1. The maximum absolute atomic E-state index is 12.1. The normalized spacial score (nSPS) is 13.8. The minimum absolute atomic E-state index is 0.264. The van der Waals surface area contributed by atoms with E-state index < -0.39 is 8.25 Å². The van der Waals surface area contributed by atoms with Crippen molar-refractivity contribution in [3.8, 4) is 0 Å². The third-order valence-corrected chi connectivity index (χ3v) is 6.48. The number of hydrogen-bond acceptors (Lipinski definition) is 5. The fraction of sp³-hybridized carbons (Fsp3) is 0.562. The van der Waals surface area contributed by atoms with Crippen LogP contribution in [0, 0.1) is 0 Å². The summed E-state index contributed by atoms with van der Waals surface area (Å²) in [5.41, 5.74) is 7.25. The molecule has 0 aromatic carbocycles. The Bertz CT molecular complexity index is 876. The van der Waals surface area contributed by atoms with Crippen LogP contribution < -0.4 is 0 Å². The minimum atomic E-state index is -2.91. The van der Waals surface area contributed by atoms with Crippen molar-refractivity contribution in [3.05, 3.63) is 69.9 Å². The average Bonchev–Trinajstić information content (AvgIpc) is 2.80. The third kappa shape index (κ3) is 23.1. The molecule has 0 aromatic rings. The van der Waals surface area contributed by atoms with Crippen molar-refractivity contribution in [1.82, 2.24) is 0 Å². The number of carbonyl (C=O) groups excluding carboxylic acids is 2. The standard InChI is InChI=1S/C32H51O5P/c1-25(2)13-9-15-27(5)17-11-19-29(7)21-31(33)23-36-38(35)37-24-32(34)22-30(8)20-12-18-28(6)16-10-14-26(3)4/h13-14,17-18,21-22,38H,9-12,15-16,19-20,23-24H2,1-8H3. The van der Waals surface area contributed by atoms with Gasteiger partial charge < -0.3 is 9.05 Å². The number of hydrogen-bond donors (Lipinski definition) is 0. The van der Waals surface area contributed by atoms with Crippen LogP contribution in [0.1, 0.15) is 107 Å². The van der Waals surface area contributed by atoms with Crippen LogP contribution in [0.4, 0.5) is 0 Å². The van der Waals surface area contributed by atoms with E-state index in [-0.39, 0.29) is 24.8 Å². The predicted molar refractivity (Wildman–Crippen MR) is 162 cm³/mol. The second-order valence-electron chi connectivity index (χ2n) is 10.6. The summed E-state index contributed by atoms with van der Waals surface area (Å²) in [5, 5.41) is 0. The Labute approximate surface area is 232 Å². The van der Waals surface area contributed by atoms with Gasteiger partial charge in [-0.05, 0) is 119 Å². The molecular weight excluding hydrogens is 495 g/mol. The van der Waals surface area contributed by atoms with Gasteiger partial charge in [0.15, 0.2) is 11.6 Å². The van der Waals surface area contributed by atoms with Gasteiger partial charge in [-0.1, -0.05) is 57.7 Å². The Morgan fingerprint density at radius 2 is 0.842 bits per heavy atom. The van der Waals surface area contributed by atoms with E-state index in [9.17, 15) is 14.2 Å². The third-order valence-electron chi connectivity index (χ3n) is 5.72. The molecule has 5 nitrogen and oxygen atoms in total. The van der Waals surface area contributed by atoms with E-state index >= 15 is 0 Å². The molecule has 0 aromatic heterocycles. The molecule has 0 rings (SSSR count). The van der Waals surface area contributed by atoms with E-state index in [4.69, 9.17) is 9.05 Å². The Hall–Kier alpha value is -2.07. The zero-order valence-corrected chi connectivity index (χ0v) is 26.1. The highest BCUT2D eigenvalue weighted by Crippen LogP contribution is 2.23. The number of ketones is 2. The molecule has 0 aliphatic rings. The van der Waals surface area contributed by atoms with E-state index in [0.29, 0.717) is 0 Å². The summed E-state index contributed by atoms with van der Waals surface area (Å²) in [6, 6.07) is 0. The van der Waals surface area contributed by atoms with Gasteiger partial charge in [-0.25, -0.2) is 0 Å². The topological polar surface area (TPSA) is 69.7 Å². The number of rotatable bonds is 20. The molecule has 6 heteroatoms. The first-order valence-electron chi connectivity index (χ1n) is 13.7. The van der Waals surface area contributed by atoms with Crippen LogP contribution in [-0.2, 0) is 23.2 Å². The number of carbonyl (C=O) groups is 2. The summed E-state index contributed by atoms with van der Waals surface area (Å²) in [6.07, 6.45) is 19.4. The zero-order valence-electron chi connectivity index (χ0n) is 25.1. The Morgan fingerprint density at radius 1 is 0.526 bits per heavy atom. The summed E-state index contributed by atoms with van der Waals surface area (Å²) >= 11 is 0. The van der Waals surface area contributed by atoms with E-state index in [1.165, 1.54) is 34.4 Å². The molecule has 0 radical (unpaired) electrons. The summed E-state index contributed by atoms with van der Waals surface area (Å²) in [5.74, 6) is -0.528. The van der Waals surface area contributed by atoms with Crippen LogP contribution in [0.25, 0.3) is 0 Å². The SMILES string of the molecule is CC(C)=CCCC(C)=CCCC(C)=CC(=O)CO[PH](=O)OCC(=O)C=C(C)CCC=C(C)CCC=C(C)C. The van der Waals surface area contributed by atoms with Crippen molar-refractivity contribution in [3.63, 3.8) is 0 Å². The molecule has 0 fully saturated rings. The summed E-state index contributed by atoms with van der Waals surface area (Å²) in [6.45, 7) is 15.8. The maximum atomic E-state index is 12.1. The van der Waals surface area contributed by atoms with Crippen LogP contribution >= 0.6 is 8.25 Å². The van der Waals surface area contributed by atoms with E-state index in [1.54, 1.807) is 0 Å². The number of allylic oxidation sites excluding steroid dienone is 10. The second kappa shape index (κ2) is 21.8. The summed E-state index contributed by atoms with van der Waals surface area (Å²) in [7, 11) is -2.91. The van der Waals surface area contributed by atoms with Crippen LogP contribution in [0.2, 0.25) is 0 Å². The highest BCUT2D eigenvalue weighted by molar-refractivity contribution is 7.33. The quantitative estimate of drug-likeness (QED) is 0.0864. The first-order valence-corrected chi connectivity index (χ1v) is 14.9. The van der Waals surface area contributed by atoms with Crippen molar-refractivity contribution in [1.29, 1.82) is 0 Å². The van der Waals surface area contributed by atoms with Gasteiger partial charge in [0.1, 0.15) is 13.2 Å². The highest BCUT2D eigenvalue weighted by Gasteiger charge is 2.07. The Kier molecular flexibility index (Phi) is 20.6. The lowest BCUT2D eigenvalue weighted by Gasteiger charge is -2.04. The Balaban J connectivity index is 4.27. The maximum Gasteiger partial charge on any atom is 0.320 e. The van der Waals surface area contributed by atoms with Crippen LogP contribution in [0.15, 0.2) is 69.9 Å². The van der Waals surface area contributed by atoms with Gasteiger partial charge in [0.2, 0.25) is 0 Å². The molecule has 0 atom stereocenters. The van der Waals surface area contributed by atoms with Crippen molar-refractivity contribution in [2.24, 2.45) is 0 Å². The Morgan fingerprint density at radius 3 is 1.18 bits per heavy atom. The van der Waals surface area contributed by atoms with Crippen molar-refractivity contribution < 1.29 is 23.2 Å². The molecule has 38 heavy (non-hydrogen) atoms. The van der Waals surface area contributed by atoms with Gasteiger partial charge in [-0.15, -0.1) is 0 Å². The summed E-state index contributed by atoms with van der Waals surface area (Å²) in [4.78, 5) is 24.2. The molecule has 0 amide bonds. The van der Waals surface area contributed by atoms with Crippen molar-refractivity contribution in [2.75, 3.05) is 13.2 Å². The van der Waals surface area contributed by atoms with Gasteiger partial charge in [-0.3, -0.25) is 14.2 Å². The molecule has 0 saturated carbocycles. The van der Waals surface area contributed by atoms with Crippen molar-refractivity contribution >= 4 is 19.8 Å². The fourth-order valence-electron chi connectivity index (χ4n) is 3.55. The van der Waals surface area contributed by atoms with E-state index in [0.717, 1.165) is 62.5 Å². The molecule has 0 bridgehead atoms. The first-order chi connectivity index (χ1) is 17.9. The molecule has 0 heterocycles. The first kappa shape index (κ1) is 35.9. The molecular formula is C32H51O5P. The van der Waals surface area contributed by atoms with Gasteiger partial charge in [0.25, 0.3) is 0 Å².